The number of benzene rings is 4. The SMILES string of the molecule is Cc1ccc(-c2n[nH]c3c2C(c2ccc(OCc4ccccc4)cc2)N(Cc2ccc(F)cc2)C3=O)cc1. The number of amides is 1. The van der Waals surface area contributed by atoms with Crippen molar-refractivity contribution in [1.82, 2.24) is 15.1 Å². The number of hydrogen-bond donors (Lipinski definition) is 1. The maximum absolute atomic E-state index is 13.6. The van der Waals surface area contributed by atoms with E-state index in [9.17, 15) is 9.18 Å². The van der Waals surface area contributed by atoms with Crippen LogP contribution in [-0.4, -0.2) is 21.0 Å². The Balaban J connectivity index is 1.36. The molecule has 4 aromatic carbocycles. The topological polar surface area (TPSA) is 58.2 Å². The van der Waals surface area contributed by atoms with Crippen molar-refractivity contribution < 1.29 is 13.9 Å². The zero-order chi connectivity index (χ0) is 26.1. The van der Waals surface area contributed by atoms with Crippen molar-refractivity contribution in [2.75, 3.05) is 0 Å². The van der Waals surface area contributed by atoms with Gasteiger partial charge in [-0.05, 0) is 47.9 Å². The number of fused-ring (bicyclic) bond motifs is 1. The van der Waals surface area contributed by atoms with Crippen molar-refractivity contribution in [2.24, 2.45) is 0 Å². The smallest absolute Gasteiger partial charge is 0.273 e. The minimum Gasteiger partial charge on any atom is -0.489 e. The fourth-order valence-electron chi connectivity index (χ4n) is 4.91. The lowest BCUT2D eigenvalue weighted by Gasteiger charge is -2.26. The van der Waals surface area contributed by atoms with Crippen molar-refractivity contribution in [3.8, 4) is 17.0 Å². The molecule has 0 aliphatic carbocycles. The number of carbonyl (C=O) groups excluding carboxylic acids is 1. The van der Waals surface area contributed by atoms with Crippen LogP contribution in [-0.2, 0) is 13.2 Å². The highest BCUT2D eigenvalue weighted by Gasteiger charge is 2.42. The number of H-pyrrole nitrogens is 1. The normalized spacial score (nSPS) is 14.5. The molecular weight excluding hydrogens is 477 g/mol. The van der Waals surface area contributed by atoms with E-state index in [1.807, 2.05) is 90.7 Å². The quantitative estimate of drug-likeness (QED) is 0.264. The molecule has 6 rings (SSSR count). The summed E-state index contributed by atoms with van der Waals surface area (Å²) in [6.07, 6.45) is 0. The second-order valence-corrected chi connectivity index (χ2v) is 9.53. The lowest BCUT2D eigenvalue weighted by Crippen LogP contribution is -2.29. The van der Waals surface area contributed by atoms with E-state index in [1.165, 1.54) is 12.1 Å². The fourth-order valence-corrected chi connectivity index (χ4v) is 4.91. The molecule has 1 aliphatic rings. The predicted octanol–water partition coefficient (Wildman–Crippen LogP) is 6.85. The summed E-state index contributed by atoms with van der Waals surface area (Å²) in [4.78, 5) is 15.4. The number of carbonyl (C=O) groups is 1. The van der Waals surface area contributed by atoms with E-state index in [0.29, 0.717) is 18.8 Å². The van der Waals surface area contributed by atoms with Gasteiger partial charge in [0.2, 0.25) is 0 Å². The van der Waals surface area contributed by atoms with Crippen LogP contribution in [0.3, 0.4) is 0 Å². The number of nitrogens with zero attached hydrogens (tertiary/aromatic N) is 2. The molecular formula is C32H26FN3O2. The standard InChI is InChI=1S/C32H26FN3O2/c1-21-7-11-24(12-8-21)29-28-30(35-34-29)32(37)36(19-22-9-15-26(33)16-10-22)31(28)25-13-17-27(18-14-25)38-20-23-5-3-2-4-6-23/h2-18,31H,19-20H2,1H3,(H,34,35). The maximum atomic E-state index is 13.6. The Kier molecular flexibility index (Phi) is 6.22. The van der Waals surface area contributed by atoms with Gasteiger partial charge in [-0.15, -0.1) is 0 Å². The van der Waals surface area contributed by atoms with Gasteiger partial charge < -0.3 is 9.64 Å². The first-order valence-corrected chi connectivity index (χ1v) is 12.5. The molecule has 0 spiro atoms. The van der Waals surface area contributed by atoms with E-state index in [0.717, 1.165) is 44.8 Å². The molecule has 0 saturated carbocycles. The van der Waals surface area contributed by atoms with Crippen LogP contribution in [0.15, 0.2) is 103 Å². The molecule has 188 valence electrons. The number of aromatic nitrogens is 2. The van der Waals surface area contributed by atoms with Gasteiger partial charge in [-0.1, -0.05) is 84.4 Å². The van der Waals surface area contributed by atoms with Gasteiger partial charge in [-0.25, -0.2) is 4.39 Å². The van der Waals surface area contributed by atoms with Crippen molar-refractivity contribution in [3.05, 3.63) is 142 Å². The Labute approximate surface area is 220 Å². The average Bonchev–Trinajstić information content (AvgIpc) is 3.49. The highest BCUT2D eigenvalue weighted by Crippen LogP contribution is 2.43. The second kappa shape index (κ2) is 9.98. The highest BCUT2D eigenvalue weighted by atomic mass is 19.1. The summed E-state index contributed by atoms with van der Waals surface area (Å²) in [5.74, 6) is 0.308. The van der Waals surface area contributed by atoms with Crippen molar-refractivity contribution in [3.63, 3.8) is 0 Å². The Hall–Kier alpha value is -4.71. The van der Waals surface area contributed by atoms with Crippen LogP contribution in [0.1, 0.15) is 44.3 Å². The van der Waals surface area contributed by atoms with E-state index in [-0.39, 0.29) is 17.8 Å². The first-order chi connectivity index (χ1) is 18.6. The molecule has 1 amide bonds. The van der Waals surface area contributed by atoms with Crippen LogP contribution in [0, 0.1) is 12.7 Å². The molecule has 0 fully saturated rings. The third kappa shape index (κ3) is 4.57. The third-order valence-corrected chi connectivity index (χ3v) is 6.90. The Morgan fingerprint density at radius 2 is 1.58 bits per heavy atom. The third-order valence-electron chi connectivity index (χ3n) is 6.90. The van der Waals surface area contributed by atoms with E-state index < -0.39 is 0 Å². The zero-order valence-corrected chi connectivity index (χ0v) is 20.9. The summed E-state index contributed by atoms with van der Waals surface area (Å²) in [6.45, 7) is 2.85. The van der Waals surface area contributed by atoms with Crippen LogP contribution in [0.2, 0.25) is 0 Å². The largest absolute Gasteiger partial charge is 0.489 e. The lowest BCUT2D eigenvalue weighted by atomic mass is 9.95. The van der Waals surface area contributed by atoms with Gasteiger partial charge in [0.15, 0.2) is 0 Å². The molecule has 5 aromatic rings. The van der Waals surface area contributed by atoms with Crippen molar-refractivity contribution in [1.29, 1.82) is 0 Å². The molecule has 1 aliphatic heterocycles. The number of rotatable bonds is 7. The van der Waals surface area contributed by atoms with Crippen molar-refractivity contribution in [2.45, 2.75) is 26.1 Å². The van der Waals surface area contributed by atoms with E-state index >= 15 is 0 Å². The van der Waals surface area contributed by atoms with Crippen molar-refractivity contribution >= 4 is 5.91 Å². The van der Waals surface area contributed by atoms with Gasteiger partial charge in [0.1, 0.15) is 23.9 Å². The minimum absolute atomic E-state index is 0.135. The molecule has 1 N–H and O–H groups in total. The molecule has 6 heteroatoms. The number of hydrogen-bond acceptors (Lipinski definition) is 3. The highest BCUT2D eigenvalue weighted by molar-refractivity contribution is 6.00. The molecule has 0 bridgehead atoms. The lowest BCUT2D eigenvalue weighted by molar-refractivity contribution is 0.0730. The first kappa shape index (κ1) is 23.7. The van der Waals surface area contributed by atoms with Gasteiger partial charge in [-0.3, -0.25) is 9.89 Å². The number of ether oxygens (including phenoxy) is 1. The molecule has 1 atom stereocenters. The van der Waals surface area contributed by atoms with Crippen LogP contribution < -0.4 is 4.74 Å². The summed E-state index contributed by atoms with van der Waals surface area (Å²) >= 11 is 0. The minimum atomic E-state index is -0.360. The van der Waals surface area contributed by atoms with Crippen LogP contribution in [0.25, 0.3) is 11.3 Å². The Morgan fingerprint density at radius 1 is 0.868 bits per heavy atom. The number of aromatic amines is 1. The summed E-state index contributed by atoms with van der Waals surface area (Å²) in [5.41, 5.74) is 7.06. The monoisotopic (exact) mass is 503 g/mol. The van der Waals surface area contributed by atoms with Crippen LogP contribution >= 0.6 is 0 Å². The maximum Gasteiger partial charge on any atom is 0.273 e. The summed E-state index contributed by atoms with van der Waals surface area (Å²) in [7, 11) is 0. The average molecular weight is 504 g/mol. The van der Waals surface area contributed by atoms with E-state index in [4.69, 9.17) is 4.74 Å². The summed E-state index contributed by atoms with van der Waals surface area (Å²) in [6, 6.07) is 31.9. The molecule has 2 heterocycles. The Bertz CT molecular complexity index is 1560. The second-order valence-electron chi connectivity index (χ2n) is 9.53. The molecule has 5 nitrogen and oxygen atoms in total. The number of nitrogens with one attached hydrogen (secondary N) is 1. The predicted molar refractivity (Wildman–Crippen MR) is 144 cm³/mol. The first-order valence-electron chi connectivity index (χ1n) is 12.5. The molecule has 38 heavy (non-hydrogen) atoms. The summed E-state index contributed by atoms with van der Waals surface area (Å²) < 4.78 is 19.5. The van der Waals surface area contributed by atoms with E-state index in [1.54, 1.807) is 12.1 Å². The van der Waals surface area contributed by atoms with Crippen LogP contribution in [0.5, 0.6) is 5.75 Å². The zero-order valence-electron chi connectivity index (χ0n) is 20.9. The number of aryl methyl sites for hydroxylation is 1. The molecule has 0 saturated heterocycles. The van der Waals surface area contributed by atoms with E-state index in [2.05, 4.69) is 10.2 Å². The molecule has 1 aromatic heterocycles. The van der Waals surface area contributed by atoms with Crippen LogP contribution in [0.4, 0.5) is 4.39 Å². The molecule has 1 unspecified atom stereocenters. The van der Waals surface area contributed by atoms with Gasteiger partial charge in [0.05, 0.1) is 11.7 Å². The molecule has 0 radical (unpaired) electrons. The van der Waals surface area contributed by atoms with Gasteiger partial charge in [0, 0.05) is 17.7 Å². The fraction of sp³-hybridized carbons (Fsp3) is 0.125. The summed E-state index contributed by atoms with van der Waals surface area (Å²) in [5, 5.41) is 7.55. The van der Waals surface area contributed by atoms with Gasteiger partial charge >= 0.3 is 0 Å². The Morgan fingerprint density at radius 3 is 2.29 bits per heavy atom. The number of halogens is 1. The van der Waals surface area contributed by atoms with Gasteiger partial charge in [0.25, 0.3) is 5.91 Å². The van der Waals surface area contributed by atoms with Gasteiger partial charge in [-0.2, -0.15) is 5.10 Å².